The zero-order chi connectivity index (χ0) is 17.9. The van der Waals surface area contributed by atoms with Gasteiger partial charge in [-0.05, 0) is 25.0 Å². The zero-order valence-corrected chi connectivity index (χ0v) is 13.3. The summed E-state index contributed by atoms with van der Waals surface area (Å²) in [4.78, 5) is 22.8. The molecule has 0 spiro atoms. The number of anilines is 1. The fourth-order valence-electron chi connectivity index (χ4n) is 2.96. The van der Waals surface area contributed by atoms with Crippen molar-refractivity contribution in [2.45, 2.75) is 24.6 Å². The third-order valence-corrected chi connectivity index (χ3v) is 4.24. The Morgan fingerprint density at radius 2 is 1.84 bits per heavy atom. The van der Waals surface area contributed by atoms with Crippen LogP contribution in [0.25, 0.3) is 0 Å². The Labute approximate surface area is 141 Å². The van der Waals surface area contributed by atoms with Crippen LogP contribution in [-0.2, 0) is 10.3 Å². The monoisotopic (exact) mass is 354 g/mol. The second-order valence-electron chi connectivity index (χ2n) is 5.82. The van der Waals surface area contributed by atoms with Gasteiger partial charge in [-0.1, -0.05) is 0 Å². The number of hydrogen-bond donors (Lipinski definition) is 1. The number of halogens is 3. The number of amides is 1. The lowest BCUT2D eigenvalue weighted by Gasteiger charge is -2.40. The predicted molar refractivity (Wildman–Crippen MR) is 82.7 cm³/mol. The second-order valence-corrected chi connectivity index (χ2v) is 5.82. The van der Waals surface area contributed by atoms with E-state index in [0.717, 1.165) is 0 Å². The van der Waals surface area contributed by atoms with Crippen LogP contribution in [0.5, 0.6) is 0 Å². The van der Waals surface area contributed by atoms with Gasteiger partial charge in [-0.2, -0.15) is 18.3 Å². The molecule has 2 aromatic heterocycles. The molecule has 0 unspecified atom stereocenters. The van der Waals surface area contributed by atoms with Gasteiger partial charge < -0.3 is 10.2 Å². The molecule has 7 nitrogen and oxygen atoms in total. The number of carbonyl (C=O) groups is 1. The summed E-state index contributed by atoms with van der Waals surface area (Å²) >= 11 is 0. The molecule has 1 aliphatic rings. The smallest absolute Gasteiger partial charge is 0.345 e. The van der Waals surface area contributed by atoms with Crippen molar-refractivity contribution in [2.24, 2.45) is 0 Å². The predicted octanol–water partition coefficient (Wildman–Crippen LogP) is 1.35. The maximum Gasteiger partial charge on any atom is 0.405 e. The standard InChI is InChI=1S/C15H17F3N6O/c16-15(17,18)11-21-12(25)14(24-8-2-7-22-24)3-9-23(10-4-14)13-19-5-1-6-20-13/h1-2,5-8H,3-4,9-11H2,(H,21,25). The first-order valence-electron chi connectivity index (χ1n) is 7.78. The highest BCUT2D eigenvalue weighted by molar-refractivity contribution is 5.84. The Morgan fingerprint density at radius 3 is 2.40 bits per heavy atom. The lowest BCUT2D eigenvalue weighted by atomic mass is 9.86. The Kier molecular flexibility index (Phi) is 4.60. The average Bonchev–Trinajstić information content (AvgIpc) is 3.15. The van der Waals surface area contributed by atoms with Crippen LogP contribution < -0.4 is 10.2 Å². The lowest BCUT2D eigenvalue weighted by molar-refractivity contribution is -0.145. The van der Waals surface area contributed by atoms with Crippen molar-refractivity contribution >= 4 is 11.9 Å². The van der Waals surface area contributed by atoms with E-state index in [9.17, 15) is 18.0 Å². The van der Waals surface area contributed by atoms with E-state index in [4.69, 9.17) is 0 Å². The summed E-state index contributed by atoms with van der Waals surface area (Å²) in [5.74, 6) is -0.144. The normalized spacial score (nSPS) is 17.3. The van der Waals surface area contributed by atoms with Gasteiger partial charge in [0.15, 0.2) is 0 Å². The SMILES string of the molecule is O=C(NCC(F)(F)F)C1(n2cccn2)CCN(c2ncccn2)CC1. The maximum atomic E-state index is 12.6. The molecule has 3 rings (SSSR count). The third-order valence-electron chi connectivity index (χ3n) is 4.24. The van der Waals surface area contributed by atoms with E-state index < -0.39 is 24.2 Å². The second kappa shape index (κ2) is 6.69. The fourth-order valence-corrected chi connectivity index (χ4v) is 2.96. The maximum absolute atomic E-state index is 12.6. The Hall–Kier alpha value is -2.65. The molecule has 1 saturated heterocycles. The van der Waals surface area contributed by atoms with Crippen LogP contribution in [0.4, 0.5) is 19.1 Å². The Balaban J connectivity index is 1.77. The van der Waals surface area contributed by atoms with Gasteiger partial charge in [0.05, 0.1) is 0 Å². The number of carbonyl (C=O) groups excluding carboxylic acids is 1. The molecular weight excluding hydrogens is 337 g/mol. The van der Waals surface area contributed by atoms with E-state index in [1.165, 1.54) is 10.9 Å². The molecule has 134 valence electrons. The molecule has 0 radical (unpaired) electrons. The summed E-state index contributed by atoms with van der Waals surface area (Å²) in [6.45, 7) is -0.493. The number of hydrogen-bond acceptors (Lipinski definition) is 5. The van der Waals surface area contributed by atoms with E-state index in [1.54, 1.807) is 30.7 Å². The van der Waals surface area contributed by atoms with Crippen LogP contribution in [0.3, 0.4) is 0 Å². The van der Waals surface area contributed by atoms with Crippen LogP contribution in [0.1, 0.15) is 12.8 Å². The van der Waals surface area contributed by atoms with Crippen molar-refractivity contribution in [3.8, 4) is 0 Å². The van der Waals surface area contributed by atoms with Crippen LogP contribution in [0.15, 0.2) is 36.9 Å². The van der Waals surface area contributed by atoms with Gasteiger partial charge in [0.1, 0.15) is 12.1 Å². The number of nitrogens with one attached hydrogen (secondary N) is 1. The third kappa shape index (κ3) is 3.72. The zero-order valence-electron chi connectivity index (χ0n) is 13.3. The highest BCUT2D eigenvalue weighted by Gasteiger charge is 2.45. The van der Waals surface area contributed by atoms with Crippen molar-refractivity contribution in [3.63, 3.8) is 0 Å². The number of rotatable bonds is 4. The highest BCUT2D eigenvalue weighted by Crippen LogP contribution is 2.31. The summed E-state index contributed by atoms with van der Waals surface area (Å²) in [6.07, 6.45) is 2.49. The van der Waals surface area contributed by atoms with Crippen molar-refractivity contribution in [2.75, 3.05) is 24.5 Å². The first-order chi connectivity index (χ1) is 11.9. The van der Waals surface area contributed by atoms with Gasteiger partial charge in [0, 0.05) is 37.9 Å². The Bertz CT molecular complexity index is 696. The van der Waals surface area contributed by atoms with Gasteiger partial charge in [-0.3, -0.25) is 9.48 Å². The van der Waals surface area contributed by atoms with E-state index in [-0.39, 0.29) is 0 Å². The number of aromatic nitrogens is 4. The molecule has 2 aromatic rings. The van der Waals surface area contributed by atoms with E-state index in [2.05, 4.69) is 15.1 Å². The average molecular weight is 354 g/mol. The summed E-state index contributed by atoms with van der Waals surface area (Å²) < 4.78 is 38.9. The first kappa shape index (κ1) is 17.2. The van der Waals surface area contributed by atoms with E-state index in [0.29, 0.717) is 31.9 Å². The highest BCUT2D eigenvalue weighted by atomic mass is 19.4. The molecule has 0 aliphatic carbocycles. The minimum atomic E-state index is -4.46. The summed E-state index contributed by atoms with van der Waals surface area (Å²) in [5.41, 5.74) is -1.15. The summed E-state index contributed by atoms with van der Waals surface area (Å²) in [5, 5.41) is 6.10. The molecule has 1 N–H and O–H groups in total. The molecule has 1 fully saturated rings. The van der Waals surface area contributed by atoms with Gasteiger partial charge in [-0.15, -0.1) is 0 Å². The molecule has 0 saturated carbocycles. The van der Waals surface area contributed by atoms with Crippen LogP contribution in [-0.4, -0.2) is 51.5 Å². The Morgan fingerprint density at radius 1 is 1.16 bits per heavy atom. The molecule has 3 heterocycles. The van der Waals surface area contributed by atoms with Crippen LogP contribution >= 0.6 is 0 Å². The molecule has 0 aromatic carbocycles. The minimum absolute atomic E-state index is 0.302. The topological polar surface area (TPSA) is 75.9 Å². The molecular formula is C15H17F3N6O. The largest absolute Gasteiger partial charge is 0.405 e. The summed E-state index contributed by atoms with van der Waals surface area (Å²) in [7, 11) is 0. The van der Waals surface area contributed by atoms with Gasteiger partial charge in [0.25, 0.3) is 0 Å². The molecule has 1 aliphatic heterocycles. The lowest BCUT2D eigenvalue weighted by Crippen LogP contribution is -2.56. The number of alkyl halides is 3. The number of piperidine rings is 1. The fraction of sp³-hybridized carbons (Fsp3) is 0.467. The number of nitrogens with zero attached hydrogens (tertiary/aromatic N) is 5. The van der Waals surface area contributed by atoms with E-state index >= 15 is 0 Å². The first-order valence-corrected chi connectivity index (χ1v) is 7.78. The van der Waals surface area contributed by atoms with Crippen molar-refractivity contribution < 1.29 is 18.0 Å². The van der Waals surface area contributed by atoms with Gasteiger partial charge >= 0.3 is 6.18 Å². The van der Waals surface area contributed by atoms with Crippen molar-refractivity contribution in [1.29, 1.82) is 0 Å². The molecule has 0 bridgehead atoms. The molecule has 10 heteroatoms. The van der Waals surface area contributed by atoms with Crippen molar-refractivity contribution in [3.05, 3.63) is 36.9 Å². The van der Waals surface area contributed by atoms with Gasteiger partial charge in [0.2, 0.25) is 11.9 Å². The quantitative estimate of drug-likeness (QED) is 0.897. The van der Waals surface area contributed by atoms with Gasteiger partial charge in [-0.25, -0.2) is 9.97 Å². The summed E-state index contributed by atoms with van der Waals surface area (Å²) in [6, 6.07) is 3.34. The molecule has 0 atom stereocenters. The van der Waals surface area contributed by atoms with Crippen molar-refractivity contribution in [1.82, 2.24) is 25.1 Å². The molecule has 1 amide bonds. The molecule has 25 heavy (non-hydrogen) atoms. The minimum Gasteiger partial charge on any atom is -0.345 e. The van der Waals surface area contributed by atoms with Crippen LogP contribution in [0.2, 0.25) is 0 Å². The van der Waals surface area contributed by atoms with Crippen LogP contribution in [0, 0.1) is 0 Å². The van der Waals surface area contributed by atoms with E-state index in [1.807, 2.05) is 10.2 Å².